The molecule has 19 heavy (non-hydrogen) atoms. The van der Waals surface area contributed by atoms with E-state index in [1.165, 1.54) is 49.9 Å². The summed E-state index contributed by atoms with van der Waals surface area (Å²) in [5, 5.41) is 3.46. The lowest BCUT2D eigenvalue weighted by molar-refractivity contribution is 0.162. The summed E-state index contributed by atoms with van der Waals surface area (Å²) in [5.74, 6) is 0. The smallest absolute Gasteiger partial charge is 0.0349 e. The number of hydrogen-bond acceptors (Lipinski definition) is 2. The molecule has 0 aliphatic carbocycles. The van der Waals surface area contributed by atoms with Crippen LogP contribution in [0.15, 0.2) is 24.3 Å². The molecule has 2 nitrogen and oxygen atoms in total. The number of rotatable bonds is 6. The maximum atomic E-state index is 3.46. The van der Waals surface area contributed by atoms with Gasteiger partial charge in [0.05, 0.1) is 0 Å². The molecule has 0 bridgehead atoms. The summed E-state index contributed by atoms with van der Waals surface area (Å²) in [6.45, 7) is 9.12. The summed E-state index contributed by atoms with van der Waals surface area (Å²) in [6.07, 6.45) is 5.31. The van der Waals surface area contributed by atoms with Crippen molar-refractivity contribution in [2.24, 2.45) is 0 Å². The van der Waals surface area contributed by atoms with E-state index in [9.17, 15) is 0 Å². The van der Waals surface area contributed by atoms with E-state index in [1.807, 2.05) is 0 Å². The highest BCUT2D eigenvalue weighted by Crippen LogP contribution is 2.27. The van der Waals surface area contributed by atoms with Gasteiger partial charge in [0.1, 0.15) is 0 Å². The number of nitrogens with zero attached hydrogens (tertiary/aromatic N) is 1. The van der Waals surface area contributed by atoms with E-state index >= 15 is 0 Å². The zero-order chi connectivity index (χ0) is 13.5. The first-order valence-electron chi connectivity index (χ1n) is 7.82. The summed E-state index contributed by atoms with van der Waals surface area (Å²) in [4.78, 5) is 2.67. The fourth-order valence-electron chi connectivity index (χ4n) is 3.02. The standard InChI is InChI=1S/C17H28N2/c1-3-4-5-9-17(19-12-10-18-11-13-19)16-8-6-7-15(2)14-16/h6-8,14,17-18H,3-5,9-13H2,1-2H3/t17-/m1/s1. The van der Waals surface area contributed by atoms with Crippen LogP contribution in [0.25, 0.3) is 0 Å². The quantitative estimate of drug-likeness (QED) is 0.787. The summed E-state index contributed by atoms with van der Waals surface area (Å²) >= 11 is 0. The van der Waals surface area contributed by atoms with Crippen molar-refractivity contribution in [3.63, 3.8) is 0 Å². The zero-order valence-electron chi connectivity index (χ0n) is 12.5. The van der Waals surface area contributed by atoms with Gasteiger partial charge in [0.15, 0.2) is 0 Å². The van der Waals surface area contributed by atoms with Crippen LogP contribution >= 0.6 is 0 Å². The average Bonchev–Trinajstić information content (AvgIpc) is 2.45. The Bertz CT molecular complexity index is 369. The molecule has 1 saturated heterocycles. The second kappa shape index (κ2) is 7.66. The van der Waals surface area contributed by atoms with Crippen molar-refractivity contribution in [3.8, 4) is 0 Å². The van der Waals surface area contributed by atoms with Crippen LogP contribution < -0.4 is 5.32 Å². The van der Waals surface area contributed by atoms with Gasteiger partial charge in [-0.3, -0.25) is 4.90 Å². The number of nitrogens with one attached hydrogen (secondary N) is 1. The minimum absolute atomic E-state index is 0.619. The van der Waals surface area contributed by atoms with Crippen LogP contribution in [-0.2, 0) is 0 Å². The third kappa shape index (κ3) is 4.32. The minimum atomic E-state index is 0.619. The molecule has 0 spiro atoms. The van der Waals surface area contributed by atoms with Gasteiger partial charge in [0, 0.05) is 32.2 Å². The van der Waals surface area contributed by atoms with Crippen LogP contribution in [0.4, 0.5) is 0 Å². The first-order valence-corrected chi connectivity index (χ1v) is 7.82. The molecule has 1 atom stereocenters. The predicted molar refractivity (Wildman–Crippen MR) is 82.5 cm³/mol. The maximum absolute atomic E-state index is 3.46. The molecule has 2 heteroatoms. The van der Waals surface area contributed by atoms with Gasteiger partial charge in [0.25, 0.3) is 0 Å². The second-order valence-electron chi connectivity index (χ2n) is 5.71. The topological polar surface area (TPSA) is 15.3 Å². The van der Waals surface area contributed by atoms with Crippen molar-refractivity contribution in [2.45, 2.75) is 45.6 Å². The van der Waals surface area contributed by atoms with Gasteiger partial charge < -0.3 is 5.32 Å². The van der Waals surface area contributed by atoms with Crippen molar-refractivity contribution in [2.75, 3.05) is 26.2 Å². The number of aryl methyl sites for hydroxylation is 1. The predicted octanol–water partition coefficient (Wildman–Crippen LogP) is 3.52. The summed E-state index contributed by atoms with van der Waals surface area (Å²) < 4.78 is 0. The Kier molecular flexibility index (Phi) is 5.87. The number of hydrogen-bond donors (Lipinski definition) is 1. The molecule has 1 aromatic rings. The Balaban J connectivity index is 2.08. The molecule has 0 amide bonds. The van der Waals surface area contributed by atoms with E-state index in [-0.39, 0.29) is 0 Å². The SMILES string of the molecule is CCCCC[C@H](c1cccc(C)c1)N1CCNCC1. The van der Waals surface area contributed by atoms with Gasteiger partial charge >= 0.3 is 0 Å². The van der Waals surface area contributed by atoms with Gasteiger partial charge in [-0.2, -0.15) is 0 Å². The zero-order valence-corrected chi connectivity index (χ0v) is 12.5. The molecular formula is C17H28N2. The van der Waals surface area contributed by atoms with E-state index in [1.54, 1.807) is 0 Å². The molecule has 106 valence electrons. The lowest BCUT2D eigenvalue weighted by Crippen LogP contribution is -2.45. The molecule has 1 aliphatic rings. The Morgan fingerprint density at radius 2 is 2.00 bits per heavy atom. The Labute approximate surface area is 118 Å². The number of unbranched alkanes of at least 4 members (excludes halogenated alkanes) is 2. The fourth-order valence-corrected chi connectivity index (χ4v) is 3.02. The molecular weight excluding hydrogens is 232 g/mol. The van der Waals surface area contributed by atoms with E-state index in [4.69, 9.17) is 0 Å². The summed E-state index contributed by atoms with van der Waals surface area (Å²) in [6, 6.07) is 9.71. The largest absolute Gasteiger partial charge is 0.314 e. The van der Waals surface area contributed by atoms with E-state index in [0.29, 0.717) is 6.04 Å². The van der Waals surface area contributed by atoms with Crippen LogP contribution in [0.1, 0.15) is 49.8 Å². The molecule has 1 fully saturated rings. The first-order chi connectivity index (χ1) is 9.31. The number of benzene rings is 1. The van der Waals surface area contributed by atoms with E-state index in [2.05, 4.69) is 48.3 Å². The van der Waals surface area contributed by atoms with Crippen molar-refractivity contribution in [3.05, 3.63) is 35.4 Å². The van der Waals surface area contributed by atoms with Crippen molar-refractivity contribution in [1.82, 2.24) is 10.2 Å². The average molecular weight is 260 g/mol. The molecule has 0 saturated carbocycles. The Morgan fingerprint density at radius 1 is 1.21 bits per heavy atom. The Morgan fingerprint density at radius 3 is 2.68 bits per heavy atom. The summed E-state index contributed by atoms with van der Waals surface area (Å²) in [5.41, 5.74) is 2.89. The third-order valence-corrected chi connectivity index (χ3v) is 4.10. The molecule has 0 aromatic heterocycles. The summed E-state index contributed by atoms with van der Waals surface area (Å²) in [7, 11) is 0. The van der Waals surface area contributed by atoms with Crippen molar-refractivity contribution >= 4 is 0 Å². The van der Waals surface area contributed by atoms with Gasteiger partial charge in [-0.15, -0.1) is 0 Å². The minimum Gasteiger partial charge on any atom is -0.314 e. The van der Waals surface area contributed by atoms with Crippen LogP contribution in [-0.4, -0.2) is 31.1 Å². The first kappa shape index (κ1) is 14.5. The normalized spacial score (nSPS) is 18.4. The van der Waals surface area contributed by atoms with E-state index in [0.717, 1.165) is 13.1 Å². The van der Waals surface area contributed by atoms with E-state index < -0.39 is 0 Å². The van der Waals surface area contributed by atoms with Gasteiger partial charge in [-0.25, -0.2) is 0 Å². The molecule has 1 heterocycles. The molecule has 1 aromatic carbocycles. The molecule has 1 N–H and O–H groups in total. The molecule has 1 aliphatic heterocycles. The number of piperazine rings is 1. The van der Waals surface area contributed by atoms with Gasteiger partial charge in [0.2, 0.25) is 0 Å². The van der Waals surface area contributed by atoms with Crippen LogP contribution in [0.3, 0.4) is 0 Å². The van der Waals surface area contributed by atoms with Crippen molar-refractivity contribution in [1.29, 1.82) is 0 Å². The van der Waals surface area contributed by atoms with Crippen LogP contribution in [0.2, 0.25) is 0 Å². The fraction of sp³-hybridized carbons (Fsp3) is 0.647. The highest BCUT2D eigenvalue weighted by Gasteiger charge is 2.21. The monoisotopic (exact) mass is 260 g/mol. The molecule has 0 unspecified atom stereocenters. The van der Waals surface area contributed by atoms with Crippen molar-refractivity contribution < 1.29 is 0 Å². The second-order valence-corrected chi connectivity index (χ2v) is 5.71. The molecule has 0 radical (unpaired) electrons. The van der Waals surface area contributed by atoms with Crippen LogP contribution in [0, 0.1) is 6.92 Å². The Hall–Kier alpha value is -0.860. The lowest BCUT2D eigenvalue weighted by Gasteiger charge is -2.35. The lowest BCUT2D eigenvalue weighted by atomic mass is 9.97. The highest BCUT2D eigenvalue weighted by atomic mass is 15.2. The van der Waals surface area contributed by atoms with Gasteiger partial charge in [-0.1, -0.05) is 56.0 Å². The van der Waals surface area contributed by atoms with Gasteiger partial charge in [-0.05, 0) is 18.9 Å². The molecule has 2 rings (SSSR count). The van der Waals surface area contributed by atoms with Crippen LogP contribution in [0.5, 0.6) is 0 Å². The highest BCUT2D eigenvalue weighted by molar-refractivity contribution is 5.25. The maximum Gasteiger partial charge on any atom is 0.0349 e. The third-order valence-electron chi connectivity index (χ3n) is 4.10.